The fraction of sp³-hybridized carbons (Fsp3) is 0.722. The van der Waals surface area contributed by atoms with Crippen LogP contribution in [0.2, 0.25) is 0 Å². The van der Waals surface area contributed by atoms with Gasteiger partial charge in [-0.15, -0.1) is 0 Å². The standard InChI is InChI=1S/C18H28O8/c1-11(19)24-12-8-9-22-13(10-23-16(21)26-18(5,6)7)14(12)15(20)25-17(2,3)4/h8-9,12-14H,10H2,1-7H3/t12-,13-,14-/m1/s1. The summed E-state index contributed by atoms with van der Waals surface area (Å²) in [5.41, 5.74) is -1.45. The number of carbonyl (C=O) groups excluding carboxylic acids is 3. The van der Waals surface area contributed by atoms with E-state index in [1.54, 1.807) is 41.5 Å². The SMILES string of the molecule is CC(=O)O[C@@H]1C=CO[C@H](COC(=O)OC(C)(C)C)[C@@H]1C(=O)OC(C)(C)C. The average molecular weight is 372 g/mol. The van der Waals surface area contributed by atoms with Crippen LogP contribution >= 0.6 is 0 Å². The molecule has 1 aliphatic rings. The van der Waals surface area contributed by atoms with Gasteiger partial charge in [-0.25, -0.2) is 4.79 Å². The van der Waals surface area contributed by atoms with Crippen molar-refractivity contribution in [2.75, 3.05) is 6.61 Å². The largest absolute Gasteiger partial charge is 0.508 e. The third-order valence-electron chi connectivity index (χ3n) is 3.01. The minimum Gasteiger partial charge on any atom is -0.494 e. The molecule has 8 heteroatoms. The highest BCUT2D eigenvalue weighted by atomic mass is 16.7. The van der Waals surface area contributed by atoms with Gasteiger partial charge < -0.3 is 23.7 Å². The van der Waals surface area contributed by atoms with E-state index in [4.69, 9.17) is 23.7 Å². The van der Waals surface area contributed by atoms with Crippen LogP contribution in [0.4, 0.5) is 4.79 Å². The predicted octanol–water partition coefficient (Wildman–Crippen LogP) is 2.74. The quantitative estimate of drug-likeness (QED) is 0.549. The van der Waals surface area contributed by atoms with Crippen molar-refractivity contribution in [3.63, 3.8) is 0 Å². The minimum absolute atomic E-state index is 0.263. The fourth-order valence-electron chi connectivity index (χ4n) is 2.17. The van der Waals surface area contributed by atoms with Crippen LogP contribution in [-0.4, -0.2) is 48.1 Å². The Morgan fingerprint density at radius 2 is 1.58 bits per heavy atom. The molecular weight excluding hydrogens is 344 g/mol. The molecule has 0 aromatic carbocycles. The molecule has 0 radical (unpaired) electrons. The molecule has 0 saturated heterocycles. The summed E-state index contributed by atoms with van der Waals surface area (Å²) in [6.45, 7) is 11.2. The highest BCUT2D eigenvalue weighted by Gasteiger charge is 2.43. The second kappa shape index (κ2) is 8.42. The molecule has 1 heterocycles. The van der Waals surface area contributed by atoms with Crippen LogP contribution in [-0.2, 0) is 33.3 Å². The highest BCUT2D eigenvalue weighted by Crippen LogP contribution is 2.26. The maximum Gasteiger partial charge on any atom is 0.508 e. The lowest BCUT2D eigenvalue weighted by Gasteiger charge is -2.34. The van der Waals surface area contributed by atoms with E-state index < -0.39 is 47.4 Å². The van der Waals surface area contributed by atoms with Gasteiger partial charge in [-0.05, 0) is 47.6 Å². The molecule has 0 aromatic heterocycles. The number of rotatable bonds is 4. The van der Waals surface area contributed by atoms with Crippen LogP contribution < -0.4 is 0 Å². The first-order valence-electron chi connectivity index (χ1n) is 8.36. The Morgan fingerprint density at radius 1 is 1.00 bits per heavy atom. The number of esters is 2. The molecule has 0 fully saturated rings. The van der Waals surface area contributed by atoms with Gasteiger partial charge in [-0.3, -0.25) is 9.59 Å². The maximum absolute atomic E-state index is 12.6. The van der Waals surface area contributed by atoms with Gasteiger partial charge in [-0.2, -0.15) is 0 Å². The molecule has 0 saturated carbocycles. The molecule has 0 aliphatic carbocycles. The smallest absolute Gasteiger partial charge is 0.494 e. The van der Waals surface area contributed by atoms with E-state index >= 15 is 0 Å². The zero-order valence-corrected chi connectivity index (χ0v) is 16.4. The van der Waals surface area contributed by atoms with Crippen molar-refractivity contribution in [1.29, 1.82) is 0 Å². The average Bonchev–Trinajstić information content (AvgIpc) is 2.40. The van der Waals surface area contributed by atoms with E-state index in [1.807, 2.05) is 0 Å². The molecule has 8 nitrogen and oxygen atoms in total. The molecule has 26 heavy (non-hydrogen) atoms. The van der Waals surface area contributed by atoms with Crippen molar-refractivity contribution in [3.05, 3.63) is 12.3 Å². The van der Waals surface area contributed by atoms with Crippen LogP contribution in [0.15, 0.2) is 12.3 Å². The van der Waals surface area contributed by atoms with Crippen molar-refractivity contribution < 1.29 is 38.1 Å². The summed E-state index contributed by atoms with van der Waals surface area (Å²) in [4.78, 5) is 35.7. The van der Waals surface area contributed by atoms with Gasteiger partial charge in [0.05, 0.1) is 6.26 Å². The Hall–Kier alpha value is -2.25. The predicted molar refractivity (Wildman–Crippen MR) is 91.1 cm³/mol. The number of hydrogen-bond donors (Lipinski definition) is 0. The number of ether oxygens (including phenoxy) is 5. The van der Waals surface area contributed by atoms with Gasteiger partial charge in [0.1, 0.15) is 35.9 Å². The lowest BCUT2D eigenvalue weighted by atomic mass is 9.93. The van der Waals surface area contributed by atoms with Gasteiger partial charge >= 0.3 is 18.1 Å². The summed E-state index contributed by atoms with van der Waals surface area (Å²) >= 11 is 0. The molecular formula is C18H28O8. The monoisotopic (exact) mass is 372 g/mol. The molecule has 1 rings (SSSR count). The van der Waals surface area contributed by atoms with E-state index in [-0.39, 0.29) is 6.61 Å². The van der Waals surface area contributed by atoms with Crippen LogP contribution in [0.1, 0.15) is 48.5 Å². The van der Waals surface area contributed by atoms with Crippen LogP contribution in [0.25, 0.3) is 0 Å². The molecule has 148 valence electrons. The van der Waals surface area contributed by atoms with Gasteiger partial charge in [0, 0.05) is 6.92 Å². The van der Waals surface area contributed by atoms with E-state index in [9.17, 15) is 14.4 Å². The van der Waals surface area contributed by atoms with Crippen LogP contribution in [0.3, 0.4) is 0 Å². The highest BCUT2D eigenvalue weighted by molar-refractivity contribution is 5.76. The summed E-state index contributed by atoms with van der Waals surface area (Å²) in [6.07, 6.45) is 0.0927. The Balaban J connectivity index is 2.88. The number of hydrogen-bond acceptors (Lipinski definition) is 8. The van der Waals surface area contributed by atoms with Crippen molar-refractivity contribution in [2.24, 2.45) is 5.92 Å². The van der Waals surface area contributed by atoms with E-state index in [0.29, 0.717) is 0 Å². The third kappa shape index (κ3) is 7.76. The van der Waals surface area contributed by atoms with Crippen molar-refractivity contribution in [1.82, 2.24) is 0 Å². The zero-order chi connectivity index (χ0) is 20.1. The second-order valence-electron chi connectivity index (χ2n) is 7.91. The lowest BCUT2D eigenvalue weighted by Crippen LogP contribution is -2.47. The molecule has 3 atom stereocenters. The second-order valence-corrected chi connectivity index (χ2v) is 7.91. The van der Waals surface area contributed by atoms with Gasteiger partial charge in [0.15, 0.2) is 0 Å². The summed E-state index contributed by atoms with van der Waals surface area (Å²) in [5.74, 6) is -2.15. The molecule has 0 amide bonds. The molecule has 1 aliphatic heterocycles. The van der Waals surface area contributed by atoms with Gasteiger partial charge in [-0.1, -0.05) is 0 Å². The molecule has 0 N–H and O–H groups in total. The van der Waals surface area contributed by atoms with E-state index in [2.05, 4.69) is 0 Å². The Kier molecular flexibility index (Phi) is 7.06. The summed E-state index contributed by atoms with van der Waals surface area (Å²) in [5, 5.41) is 0. The van der Waals surface area contributed by atoms with Crippen molar-refractivity contribution in [2.45, 2.75) is 71.9 Å². The first-order chi connectivity index (χ1) is 11.8. The Morgan fingerprint density at radius 3 is 2.08 bits per heavy atom. The summed E-state index contributed by atoms with van der Waals surface area (Å²) in [7, 11) is 0. The minimum atomic E-state index is -0.981. The molecule has 0 bridgehead atoms. The first kappa shape index (κ1) is 21.8. The van der Waals surface area contributed by atoms with Crippen LogP contribution in [0.5, 0.6) is 0 Å². The topological polar surface area (TPSA) is 97.4 Å². The van der Waals surface area contributed by atoms with E-state index in [1.165, 1.54) is 19.3 Å². The van der Waals surface area contributed by atoms with Crippen molar-refractivity contribution >= 4 is 18.1 Å². The number of carbonyl (C=O) groups is 3. The van der Waals surface area contributed by atoms with Crippen molar-refractivity contribution in [3.8, 4) is 0 Å². The lowest BCUT2D eigenvalue weighted by molar-refractivity contribution is -0.176. The van der Waals surface area contributed by atoms with Gasteiger partial charge in [0.2, 0.25) is 0 Å². The Bertz CT molecular complexity index is 553. The fourth-order valence-corrected chi connectivity index (χ4v) is 2.17. The first-order valence-corrected chi connectivity index (χ1v) is 8.36. The maximum atomic E-state index is 12.6. The zero-order valence-electron chi connectivity index (χ0n) is 16.4. The third-order valence-corrected chi connectivity index (χ3v) is 3.01. The van der Waals surface area contributed by atoms with Crippen LogP contribution in [0, 0.1) is 5.92 Å². The van der Waals surface area contributed by atoms with E-state index in [0.717, 1.165) is 0 Å². The normalized spacial score (nSPS) is 22.8. The molecule has 0 spiro atoms. The van der Waals surface area contributed by atoms with Gasteiger partial charge in [0.25, 0.3) is 0 Å². The summed E-state index contributed by atoms with van der Waals surface area (Å²) in [6, 6.07) is 0. The molecule has 0 aromatic rings. The Labute approximate surface area is 153 Å². The molecule has 0 unspecified atom stereocenters. The summed E-state index contributed by atoms with van der Waals surface area (Å²) < 4.78 is 26.1.